The van der Waals surface area contributed by atoms with Gasteiger partial charge < -0.3 is 20.2 Å². The number of hydrogen-bond donors (Lipinski definition) is 2. The van der Waals surface area contributed by atoms with E-state index in [1.165, 1.54) is 11.1 Å². The highest BCUT2D eigenvalue weighted by Crippen LogP contribution is 2.22. The van der Waals surface area contributed by atoms with Gasteiger partial charge in [0, 0.05) is 58.3 Å². The van der Waals surface area contributed by atoms with Crippen LogP contribution in [0, 0.1) is 0 Å². The molecule has 2 N–H and O–H groups in total. The molecule has 2 atom stereocenters. The van der Waals surface area contributed by atoms with Crippen LogP contribution >= 0.6 is 0 Å². The first-order valence-corrected chi connectivity index (χ1v) is 11.2. The van der Waals surface area contributed by atoms with E-state index in [1.54, 1.807) is 11.8 Å². The lowest BCUT2D eigenvalue weighted by Crippen LogP contribution is -2.55. The van der Waals surface area contributed by atoms with Crippen LogP contribution in [0.15, 0.2) is 24.3 Å². The summed E-state index contributed by atoms with van der Waals surface area (Å²) in [5.74, 6) is 0.216. The van der Waals surface area contributed by atoms with Gasteiger partial charge in [0.05, 0.1) is 5.60 Å². The normalized spacial score (nSPS) is 24.5. The Balaban J connectivity index is 1.26. The second-order valence-electron chi connectivity index (χ2n) is 9.32. The number of carbonyl (C=O) groups is 2. The number of β-amino-alcohol motifs (C(OH)–C–C–N with tert-alkyl or cyclic N) is 1. The van der Waals surface area contributed by atoms with Crippen LogP contribution in [0.25, 0.3) is 0 Å². The summed E-state index contributed by atoms with van der Waals surface area (Å²) in [6, 6.07) is 8.44. The first kappa shape index (κ1) is 21.1. The van der Waals surface area contributed by atoms with Crippen LogP contribution in [0.1, 0.15) is 43.7 Å². The zero-order valence-electron chi connectivity index (χ0n) is 18.0. The number of carbonyl (C=O) groups excluding carboxylic acids is 2. The molecule has 3 amide bonds. The molecule has 0 aliphatic carbocycles. The maximum absolute atomic E-state index is 12.7. The summed E-state index contributed by atoms with van der Waals surface area (Å²) in [4.78, 5) is 30.8. The summed E-state index contributed by atoms with van der Waals surface area (Å²) in [6.07, 6.45) is 4.41. The summed E-state index contributed by atoms with van der Waals surface area (Å²) >= 11 is 0. The van der Waals surface area contributed by atoms with E-state index in [-0.39, 0.29) is 24.5 Å². The molecule has 164 valence electrons. The van der Waals surface area contributed by atoms with Gasteiger partial charge in [-0.15, -0.1) is 0 Å². The Bertz CT molecular complexity index is 781. The zero-order valence-corrected chi connectivity index (χ0v) is 18.0. The highest BCUT2D eigenvalue weighted by Gasteiger charge is 2.33. The third kappa shape index (κ3) is 4.95. The Hall–Kier alpha value is -2.12. The molecule has 0 aromatic heterocycles. The van der Waals surface area contributed by atoms with E-state index in [0.717, 1.165) is 45.3 Å². The number of nitrogens with one attached hydrogen (secondary N) is 1. The van der Waals surface area contributed by atoms with Crippen molar-refractivity contribution in [3.63, 3.8) is 0 Å². The highest BCUT2D eigenvalue weighted by atomic mass is 16.3. The molecule has 1 aromatic carbocycles. The van der Waals surface area contributed by atoms with E-state index in [2.05, 4.69) is 34.5 Å². The third-order valence-corrected chi connectivity index (χ3v) is 6.63. The summed E-state index contributed by atoms with van der Waals surface area (Å²) in [5, 5.41) is 13.8. The molecule has 0 radical (unpaired) electrons. The predicted molar refractivity (Wildman–Crippen MR) is 115 cm³/mol. The van der Waals surface area contributed by atoms with Gasteiger partial charge >= 0.3 is 6.03 Å². The second-order valence-corrected chi connectivity index (χ2v) is 9.32. The quantitative estimate of drug-likeness (QED) is 0.767. The van der Waals surface area contributed by atoms with Gasteiger partial charge in [-0.3, -0.25) is 9.69 Å². The van der Waals surface area contributed by atoms with E-state index < -0.39 is 5.60 Å². The lowest BCUT2D eigenvalue weighted by Gasteiger charge is -2.38. The van der Waals surface area contributed by atoms with Crippen molar-refractivity contribution in [2.45, 2.75) is 57.2 Å². The first-order chi connectivity index (χ1) is 14.4. The summed E-state index contributed by atoms with van der Waals surface area (Å²) in [5.41, 5.74) is 1.71. The van der Waals surface area contributed by atoms with Crippen LogP contribution in [0.5, 0.6) is 0 Å². The molecule has 1 aromatic rings. The molecule has 0 unspecified atom stereocenters. The van der Waals surface area contributed by atoms with Crippen molar-refractivity contribution in [2.75, 3.05) is 39.3 Å². The molecule has 2 saturated heterocycles. The van der Waals surface area contributed by atoms with E-state index >= 15 is 0 Å². The number of aliphatic hydroxyl groups is 1. The Morgan fingerprint density at radius 2 is 1.97 bits per heavy atom. The van der Waals surface area contributed by atoms with Gasteiger partial charge in [0.25, 0.3) is 0 Å². The smallest absolute Gasteiger partial charge is 0.317 e. The summed E-state index contributed by atoms with van der Waals surface area (Å²) in [7, 11) is 0. The fourth-order valence-electron chi connectivity index (χ4n) is 5.05. The molecule has 3 aliphatic heterocycles. The molecule has 7 nitrogen and oxygen atoms in total. The minimum Gasteiger partial charge on any atom is -0.387 e. The molecule has 3 heterocycles. The molecule has 4 rings (SSSR count). The summed E-state index contributed by atoms with van der Waals surface area (Å²) < 4.78 is 0. The minimum atomic E-state index is -0.998. The maximum atomic E-state index is 12.7. The van der Waals surface area contributed by atoms with Crippen molar-refractivity contribution in [1.29, 1.82) is 0 Å². The number of rotatable bonds is 5. The topological polar surface area (TPSA) is 76.1 Å². The number of urea groups is 1. The lowest BCUT2D eigenvalue weighted by molar-refractivity contribution is -0.130. The van der Waals surface area contributed by atoms with Crippen LogP contribution in [0.2, 0.25) is 0 Å². The van der Waals surface area contributed by atoms with Crippen LogP contribution < -0.4 is 5.32 Å². The average Bonchev–Trinajstić information content (AvgIpc) is 3.18. The highest BCUT2D eigenvalue weighted by molar-refractivity contribution is 5.79. The molecule has 2 fully saturated rings. The number of likely N-dealkylation sites (tertiary alicyclic amines) is 2. The fourth-order valence-corrected chi connectivity index (χ4v) is 5.05. The van der Waals surface area contributed by atoms with Crippen molar-refractivity contribution in [3.05, 3.63) is 35.4 Å². The Labute approximate surface area is 179 Å². The molecule has 0 saturated carbocycles. The van der Waals surface area contributed by atoms with Gasteiger partial charge in [0.15, 0.2) is 0 Å². The van der Waals surface area contributed by atoms with E-state index in [0.29, 0.717) is 26.1 Å². The molecule has 0 bridgehead atoms. The second kappa shape index (κ2) is 8.94. The first-order valence-electron chi connectivity index (χ1n) is 11.2. The van der Waals surface area contributed by atoms with Crippen LogP contribution in [-0.2, 0) is 17.8 Å². The Morgan fingerprint density at radius 1 is 1.17 bits per heavy atom. The zero-order chi connectivity index (χ0) is 21.1. The SMILES string of the molecule is C[C@@](O)(CNC(=O)N1CCC[C@@H](N2CCCC2=O)C1)CN1CCc2ccccc2C1. The number of nitrogens with zero attached hydrogens (tertiary/aromatic N) is 3. The number of benzene rings is 1. The van der Waals surface area contributed by atoms with E-state index in [1.807, 2.05) is 4.90 Å². The van der Waals surface area contributed by atoms with Crippen molar-refractivity contribution in [1.82, 2.24) is 20.0 Å². The molecule has 30 heavy (non-hydrogen) atoms. The van der Waals surface area contributed by atoms with E-state index in [4.69, 9.17) is 0 Å². The van der Waals surface area contributed by atoms with Gasteiger partial charge in [-0.2, -0.15) is 0 Å². The largest absolute Gasteiger partial charge is 0.387 e. The lowest BCUT2D eigenvalue weighted by atomic mass is 9.98. The van der Waals surface area contributed by atoms with Gasteiger partial charge in [0.2, 0.25) is 5.91 Å². The van der Waals surface area contributed by atoms with Gasteiger partial charge in [-0.25, -0.2) is 4.79 Å². The van der Waals surface area contributed by atoms with Crippen molar-refractivity contribution >= 4 is 11.9 Å². The van der Waals surface area contributed by atoms with Crippen molar-refractivity contribution in [2.24, 2.45) is 0 Å². The number of hydrogen-bond acceptors (Lipinski definition) is 4. The average molecular weight is 415 g/mol. The molecule has 7 heteroatoms. The van der Waals surface area contributed by atoms with Crippen molar-refractivity contribution in [3.8, 4) is 0 Å². The Kier molecular flexibility index (Phi) is 6.29. The summed E-state index contributed by atoms with van der Waals surface area (Å²) in [6.45, 7) is 6.37. The number of amides is 3. The number of piperidine rings is 1. The molecule has 3 aliphatic rings. The van der Waals surface area contributed by atoms with Crippen LogP contribution in [0.3, 0.4) is 0 Å². The van der Waals surface area contributed by atoms with Gasteiger partial charge in [0.1, 0.15) is 0 Å². The van der Waals surface area contributed by atoms with Crippen LogP contribution in [0.4, 0.5) is 4.79 Å². The predicted octanol–water partition coefficient (Wildman–Crippen LogP) is 1.59. The number of fused-ring (bicyclic) bond motifs is 1. The molecular formula is C23H34N4O3. The van der Waals surface area contributed by atoms with Gasteiger partial charge in [-0.05, 0) is 43.7 Å². The van der Waals surface area contributed by atoms with Crippen molar-refractivity contribution < 1.29 is 14.7 Å². The van der Waals surface area contributed by atoms with Crippen LogP contribution in [-0.4, -0.2) is 82.7 Å². The fraction of sp³-hybridized carbons (Fsp3) is 0.652. The molecule has 0 spiro atoms. The standard InChI is InChI=1S/C23H34N4O3/c1-23(30,17-25-13-10-18-6-2-3-7-19(18)14-25)16-24-22(29)26-11-4-8-20(15-26)27-12-5-9-21(27)28/h2-3,6-7,20,30H,4-5,8-17H2,1H3,(H,24,29)/t20-,23-/m1/s1. The Morgan fingerprint density at radius 3 is 2.73 bits per heavy atom. The minimum absolute atomic E-state index is 0.133. The monoisotopic (exact) mass is 414 g/mol. The van der Waals surface area contributed by atoms with E-state index in [9.17, 15) is 14.7 Å². The third-order valence-electron chi connectivity index (χ3n) is 6.63. The van der Waals surface area contributed by atoms with Gasteiger partial charge in [-0.1, -0.05) is 24.3 Å². The molecular weight excluding hydrogens is 380 g/mol. The maximum Gasteiger partial charge on any atom is 0.317 e.